The smallest absolute Gasteiger partial charge is 0.289 e. The SMILES string of the molecule is Cc1cccc([N+](=O)[O-])c1S(=O)(=O)N1CCC(c2nc3ccccc3[nH]2)CC1. The molecule has 4 rings (SSSR count). The van der Waals surface area contributed by atoms with Crippen LogP contribution in [0, 0.1) is 17.0 Å². The lowest BCUT2D eigenvalue weighted by Gasteiger charge is -2.30. The van der Waals surface area contributed by atoms with Crippen LogP contribution in [-0.4, -0.2) is 40.7 Å². The van der Waals surface area contributed by atoms with Crippen molar-refractivity contribution < 1.29 is 13.3 Å². The van der Waals surface area contributed by atoms with Crippen LogP contribution in [0.5, 0.6) is 0 Å². The van der Waals surface area contributed by atoms with E-state index in [2.05, 4.69) is 9.97 Å². The lowest BCUT2D eigenvalue weighted by molar-refractivity contribution is -0.387. The van der Waals surface area contributed by atoms with Crippen molar-refractivity contribution in [2.75, 3.05) is 13.1 Å². The van der Waals surface area contributed by atoms with Gasteiger partial charge < -0.3 is 4.98 Å². The van der Waals surface area contributed by atoms with Gasteiger partial charge in [-0.3, -0.25) is 10.1 Å². The zero-order valence-corrected chi connectivity index (χ0v) is 16.1. The van der Waals surface area contributed by atoms with E-state index < -0.39 is 14.9 Å². The van der Waals surface area contributed by atoms with E-state index in [9.17, 15) is 18.5 Å². The van der Waals surface area contributed by atoms with Crippen molar-refractivity contribution in [3.8, 4) is 0 Å². The van der Waals surface area contributed by atoms with Gasteiger partial charge in [-0.2, -0.15) is 4.31 Å². The first-order valence-corrected chi connectivity index (χ1v) is 10.5. The third kappa shape index (κ3) is 3.16. The Balaban J connectivity index is 1.57. The van der Waals surface area contributed by atoms with Crippen molar-refractivity contribution in [3.63, 3.8) is 0 Å². The van der Waals surface area contributed by atoms with Crippen LogP contribution in [0.1, 0.15) is 30.1 Å². The molecule has 0 atom stereocenters. The molecule has 28 heavy (non-hydrogen) atoms. The summed E-state index contributed by atoms with van der Waals surface area (Å²) in [6.07, 6.45) is 1.22. The number of hydrogen-bond acceptors (Lipinski definition) is 5. The number of piperidine rings is 1. The predicted molar refractivity (Wildman–Crippen MR) is 105 cm³/mol. The zero-order valence-electron chi connectivity index (χ0n) is 15.3. The zero-order chi connectivity index (χ0) is 19.9. The van der Waals surface area contributed by atoms with Crippen molar-refractivity contribution >= 4 is 26.7 Å². The molecule has 0 radical (unpaired) electrons. The molecule has 1 fully saturated rings. The maximum absolute atomic E-state index is 13.1. The fraction of sp³-hybridized carbons (Fsp3) is 0.316. The van der Waals surface area contributed by atoms with Gasteiger partial charge >= 0.3 is 0 Å². The Hall–Kier alpha value is -2.78. The summed E-state index contributed by atoms with van der Waals surface area (Å²) in [5.74, 6) is 0.992. The van der Waals surface area contributed by atoms with E-state index in [0.29, 0.717) is 31.5 Å². The Bertz CT molecular complexity index is 1110. The predicted octanol–water partition coefficient (Wildman–Crippen LogP) is 3.35. The van der Waals surface area contributed by atoms with Gasteiger partial charge in [-0.15, -0.1) is 0 Å². The second kappa shape index (κ2) is 6.99. The van der Waals surface area contributed by atoms with Gasteiger partial charge in [0.2, 0.25) is 10.0 Å². The molecular weight excluding hydrogens is 380 g/mol. The number of nitrogens with zero attached hydrogens (tertiary/aromatic N) is 3. The van der Waals surface area contributed by atoms with Gasteiger partial charge in [0.15, 0.2) is 4.90 Å². The molecule has 1 aromatic heterocycles. The number of nitro benzene ring substituents is 1. The number of para-hydroxylation sites is 2. The second-order valence-electron chi connectivity index (χ2n) is 7.00. The Morgan fingerprint density at radius 3 is 2.54 bits per heavy atom. The largest absolute Gasteiger partial charge is 0.342 e. The molecule has 3 aromatic rings. The maximum Gasteiger partial charge on any atom is 0.289 e. The molecule has 0 spiro atoms. The number of nitrogens with one attached hydrogen (secondary N) is 1. The number of aromatic amines is 1. The molecule has 0 amide bonds. The minimum absolute atomic E-state index is 0.130. The highest BCUT2D eigenvalue weighted by Gasteiger charge is 2.36. The Labute approximate surface area is 162 Å². The average molecular weight is 400 g/mol. The van der Waals surface area contributed by atoms with Gasteiger partial charge in [0.25, 0.3) is 5.69 Å². The third-order valence-electron chi connectivity index (χ3n) is 5.23. The van der Waals surface area contributed by atoms with Gasteiger partial charge in [-0.05, 0) is 37.5 Å². The molecule has 0 bridgehead atoms. The number of sulfonamides is 1. The summed E-state index contributed by atoms with van der Waals surface area (Å²) < 4.78 is 27.6. The lowest BCUT2D eigenvalue weighted by Crippen LogP contribution is -2.38. The number of nitro groups is 1. The molecule has 0 aliphatic carbocycles. The highest BCUT2D eigenvalue weighted by molar-refractivity contribution is 7.89. The lowest BCUT2D eigenvalue weighted by atomic mass is 9.97. The minimum Gasteiger partial charge on any atom is -0.342 e. The van der Waals surface area contributed by atoms with Crippen LogP contribution >= 0.6 is 0 Å². The summed E-state index contributed by atoms with van der Waals surface area (Å²) in [7, 11) is -3.94. The van der Waals surface area contributed by atoms with E-state index in [1.54, 1.807) is 13.0 Å². The summed E-state index contributed by atoms with van der Waals surface area (Å²) in [6, 6.07) is 12.1. The molecule has 2 aromatic carbocycles. The highest BCUT2D eigenvalue weighted by atomic mass is 32.2. The summed E-state index contributed by atoms with van der Waals surface area (Å²) in [4.78, 5) is 18.4. The van der Waals surface area contributed by atoms with Crippen LogP contribution in [0.2, 0.25) is 0 Å². The van der Waals surface area contributed by atoms with Gasteiger partial charge in [-0.25, -0.2) is 13.4 Å². The van der Waals surface area contributed by atoms with Gasteiger partial charge in [0.1, 0.15) is 5.82 Å². The Morgan fingerprint density at radius 1 is 1.14 bits per heavy atom. The Morgan fingerprint density at radius 2 is 1.86 bits per heavy atom. The van der Waals surface area contributed by atoms with E-state index in [-0.39, 0.29) is 16.5 Å². The van der Waals surface area contributed by atoms with Gasteiger partial charge in [0.05, 0.1) is 16.0 Å². The molecule has 2 heterocycles. The fourth-order valence-electron chi connectivity index (χ4n) is 3.78. The van der Waals surface area contributed by atoms with E-state index in [1.165, 1.54) is 16.4 Å². The molecule has 146 valence electrons. The van der Waals surface area contributed by atoms with Crippen LogP contribution < -0.4 is 0 Å². The molecule has 1 N–H and O–H groups in total. The quantitative estimate of drug-likeness (QED) is 0.533. The van der Waals surface area contributed by atoms with Crippen LogP contribution in [0.3, 0.4) is 0 Å². The summed E-state index contributed by atoms with van der Waals surface area (Å²) in [5.41, 5.74) is 1.86. The van der Waals surface area contributed by atoms with Crippen molar-refractivity contribution in [2.24, 2.45) is 0 Å². The molecule has 9 heteroatoms. The molecule has 0 saturated carbocycles. The number of hydrogen-bond donors (Lipinski definition) is 1. The van der Waals surface area contributed by atoms with Crippen LogP contribution in [0.25, 0.3) is 11.0 Å². The van der Waals surface area contributed by atoms with E-state index in [4.69, 9.17) is 0 Å². The van der Waals surface area contributed by atoms with Crippen LogP contribution in [-0.2, 0) is 10.0 Å². The van der Waals surface area contributed by atoms with E-state index in [1.807, 2.05) is 24.3 Å². The van der Waals surface area contributed by atoms with Gasteiger partial charge in [-0.1, -0.05) is 24.3 Å². The molecule has 0 unspecified atom stereocenters. The van der Waals surface area contributed by atoms with Crippen LogP contribution in [0.15, 0.2) is 47.4 Å². The van der Waals surface area contributed by atoms with Crippen molar-refractivity contribution in [1.29, 1.82) is 0 Å². The number of rotatable bonds is 4. The normalized spacial score (nSPS) is 16.5. The molecule has 1 aliphatic rings. The average Bonchev–Trinajstić information content (AvgIpc) is 3.12. The number of fused-ring (bicyclic) bond motifs is 1. The number of H-pyrrole nitrogens is 1. The van der Waals surface area contributed by atoms with Crippen LogP contribution in [0.4, 0.5) is 5.69 Å². The molecular formula is C19H20N4O4S. The second-order valence-corrected chi connectivity index (χ2v) is 8.87. The van der Waals surface area contributed by atoms with E-state index >= 15 is 0 Å². The monoisotopic (exact) mass is 400 g/mol. The minimum atomic E-state index is -3.94. The molecule has 1 saturated heterocycles. The number of benzene rings is 2. The fourth-order valence-corrected chi connectivity index (χ4v) is 5.61. The maximum atomic E-state index is 13.1. The first-order valence-electron chi connectivity index (χ1n) is 9.06. The van der Waals surface area contributed by atoms with Gasteiger partial charge in [0, 0.05) is 25.1 Å². The highest BCUT2D eigenvalue weighted by Crippen LogP contribution is 2.34. The molecule has 8 nitrogen and oxygen atoms in total. The third-order valence-corrected chi connectivity index (χ3v) is 7.33. The standard InChI is InChI=1S/C19H20N4O4S/c1-13-5-4-8-17(23(24)25)18(13)28(26,27)22-11-9-14(10-12-22)19-20-15-6-2-3-7-16(15)21-19/h2-8,14H,9-12H2,1H3,(H,20,21). The van der Waals surface area contributed by atoms with Crippen molar-refractivity contribution in [1.82, 2.24) is 14.3 Å². The number of imidazole rings is 1. The molecule has 1 aliphatic heterocycles. The first kappa shape index (κ1) is 18.6. The summed E-state index contributed by atoms with van der Waals surface area (Å²) in [6.45, 7) is 2.19. The summed E-state index contributed by atoms with van der Waals surface area (Å²) in [5, 5.41) is 11.3. The topological polar surface area (TPSA) is 109 Å². The number of aromatic nitrogens is 2. The summed E-state index contributed by atoms with van der Waals surface area (Å²) >= 11 is 0. The van der Waals surface area contributed by atoms with Crippen molar-refractivity contribution in [2.45, 2.75) is 30.6 Å². The Kier molecular flexibility index (Phi) is 4.64. The first-order chi connectivity index (χ1) is 13.4. The van der Waals surface area contributed by atoms with Crippen molar-refractivity contribution in [3.05, 3.63) is 64.0 Å². The van der Waals surface area contributed by atoms with E-state index in [0.717, 1.165) is 16.9 Å². The number of aryl methyl sites for hydroxylation is 1.